The third-order valence-corrected chi connectivity index (χ3v) is 6.90. The summed E-state index contributed by atoms with van der Waals surface area (Å²) in [4.78, 5) is 14.7. The summed E-state index contributed by atoms with van der Waals surface area (Å²) in [6.07, 6.45) is 7.68. The van der Waals surface area contributed by atoms with Gasteiger partial charge in [0.1, 0.15) is 5.75 Å². The number of hydrogen-bond donors (Lipinski definition) is 2. The SMILES string of the molecule is CCC[C@H](N)[C@]1(c2ccccc2)CC[C@H](Oc2cc3cc[nH]c(=O)c3cc2Cl)CC1. The van der Waals surface area contributed by atoms with Crippen LogP contribution in [0.3, 0.4) is 0 Å². The molecule has 5 heteroatoms. The largest absolute Gasteiger partial charge is 0.489 e. The Morgan fingerprint density at radius 1 is 1.20 bits per heavy atom. The standard InChI is InChI=1S/C25H29ClN2O2/c1-2-6-23(27)25(18-7-4-3-5-8-18)12-9-19(10-13-25)30-22-15-17-11-14-28-24(29)20(17)16-21(22)26/h3-5,7-8,11,14-16,19,23H,2,6,9-10,12-13,27H2,1H3,(H,28,29)/t19-,23-,25+/m0/s1. The maximum absolute atomic E-state index is 12.0. The summed E-state index contributed by atoms with van der Waals surface area (Å²) in [7, 11) is 0. The fourth-order valence-corrected chi connectivity index (χ4v) is 5.12. The monoisotopic (exact) mass is 424 g/mol. The lowest BCUT2D eigenvalue weighted by atomic mass is 9.63. The molecule has 0 amide bonds. The van der Waals surface area contributed by atoms with Gasteiger partial charge in [-0.25, -0.2) is 0 Å². The fraction of sp³-hybridized carbons (Fsp3) is 0.400. The van der Waals surface area contributed by atoms with Gasteiger partial charge in [0.15, 0.2) is 0 Å². The highest BCUT2D eigenvalue weighted by molar-refractivity contribution is 6.32. The maximum Gasteiger partial charge on any atom is 0.255 e. The first kappa shape index (κ1) is 21.0. The Morgan fingerprint density at radius 2 is 1.93 bits per heavy atom. The highest BCUT2D eigenvalue weighted by atomic mass is 35.5. The van der Waals surface area contributed by atoms with Crippen molar-refractivity contribution in [2.45, 2.75) is 63.0 Å². The van der Waals surface area contributed by atoms with Gasteiger partial charge in [0.25, 0.3) is 5.56 Å². The zero-order valence-corrected chi connectivity index (χ0v) is 18.1. The molecular formula is C25H29ClN2O2. The van der Waals surface area contributed by atoms with Crippen molar-refractivity contribution in [3.05, 3.63) is 75.7 Å². The van der Waals surface area contributed by atoms with Crippen molar-refractivity contribution >= 4 is 22.4 Å². The van der Waals surface area contributed by atoms with Crippen molar-refractivity contribution in [2.24, 2.45) is 5.73 Å². The van der Waals surface area contributed by atoms with Crippen LogP contribution < -0.4 is 16.0 Å². The van der Waals surface area contributed by atoms with E-state index < -0.39 is 0 Å². The van der Waals surface area contributed by atoms with Crippen molar-refractivity contribution in [1.29, 1.82) is 0 Å². The Bertz CT molecular complexity index is 1060. The van der Waals surface area contributed by atoms with Crippen LogP contribution in [-0.4, -0.2) is 17.1 Å². The molecule has 30 heavy (non-hydrogen) atoms. The number of aromatic amines is 1. The highest BCUT2D eigenvalue weighted by Gasteiger charge is 2.41. The second-order valence-electron chi connectivity index (χ2n) is 8.41. The molecular weight excluding hydrogens is 396 g/mol. The summed E-state index contributed by atoms with van der Waals surface area (Å²) in [5, 5.41) is 1.88. The van der Waals surface area contributed by atoms with Gasteiger partial charge in [0.05, 0.1) is 11.1 Å². The lowest BCUT2D eigenvalue weighted by molar-refractivity contribution is 0.103. The van der Waals surface area contributed by atoms with E-state index in [-0.39, 0.29) is 23.1 Å². The molecule has 0 bridgehead atoms. The number of aromatic nitrogens is 1. The number of ether oxygens (including phenoxy) is 1. The van der Waals surface area contributed by atoms with E-state index in [4.69, 9.17) is 22.1 Å². The Morgan fingerprint density at radius 3 is 2.63 bits per heavy atom. The lowest BCUT2D eigenvalue weighted by Gasteiger charge is -2.45. The second kappa shape index (κ2) is 8.83. The lowest BCUT2D eigenvalue weighted by Crippen LogP contribution is -2.49. The third kappa shape index (κ3) is 3.99. The molecule has 0 saturated heterocycles. The number of H-pyrrole nitrogens is 1. The Labute approximate surface area is 182 Å². The van der Waals surface area contributed by atoms with Crippen molar-refractivity contribution < 1.29 is 4.74 Å². The molecule has 4 rings (SSSR count). The first-order chi connectivity index (χ1) is 14.5. The van der Waals surface area contributed by atoms with Crippen LogP contribution in [0.4, 0.5) is 0 Å². The summed E-state index contributed by atoms with van der Waals surface area (Å²) in [6.45, 7) is 2.19. The molecule has 1 heterocycles. The van der Waals surface area contributed by atoms with Gasteiger partial charge < -0.3 is 15.5 Å². The topological polar surface area (TPSA) is 68.1 Å². The smallest absolute Gasteiger partial charge is 0.255 e. The van der Waals surface area contributed by atoms with Gasteiger partial charge in [0, 0.05) is 23.0 Å². The molecule has 1 aliphatic rings. The van der Waals surface area contributed by atoms with Gasteiger partial charge in [-0.05, 0) is 61.3 Å². The number of halogens is 1. The zero-order valence-electron chi connectivity index (χ0n) is 17.4. The average molecular weight is 425 g/mol. The van der Waals surface area contributed by atoms with Crippen LogP contribution in [0.1, 0.15) is 51.0 Å². The molecule has 1 atom stereocenters. The fourth-order valence-electron chi connectivity index (χ4n) is 4.91. The van der Waals surface area contributed by atoms with Gasteiger partial charge in [-0.15, -0.1) is 0 Å². The number of rotatable bonds is 6. The molecule has 3 aromatic rings. The summed E-state index contributed by atoms with van der Waals surface area (Å²) >= 11 is 6.44. The molecule has 0 spiro atoms. The van der Waals surface area contributed by atoms with Gasteiger partial charge >= 0.3 is 0 Å². The molecule has 1 aromatic heterocycles. The van der Waals surface area contributed by atoms with Gasteiger partial charge in [-0.1, -0.05) is 55.3 Å². The molecule has 1 aliphatic carbocycles. The quantitative estimate of drug-likeness (QED) is 0.543. The molecule has 3 N–H and O–H groups in total. The van der Waals surface area contributed by atoms with E-state index in [1.165, 1.54) is 5.56 Å². The predicted octanol–water partition coefficient (Wildman–Crippen LogP) is 5.57. The summed E-state index contributed by atoms with van der Waals surface area (Å²) in [5.74, 6) is 0.643. The normalized spacial score (nSPS) is 22.7. The number of nitrogens with one attached hydrogen (secondary N) is 1. The first-order valence-electron chi connectivity index (χ1n) is 10.8. The number of fused-ring (bicyclic) bond motifs is 1. The summed E-state index contributed by atoms with van der Waals surface area (Å²) in [5.41, 5.74) is 7.93. The minimum absolute atomic E-state index is 0.00238. The van der Waals surface area contributed by atoms with Crippen LogP contribution in [0.15, 0.2) is 59.5 Å². The van der Waals surface area contributed by atoms with Gasteiger partial charge in [0.2, 0.25) is 0 Å². The Kier molecular flexibility index (Phi) is 6.16. The molecule has 1 saturated carbocycles. The van der Waals surface area contributed by atoms with E-state index in [2.05, 4.69) is 42.2 Å². The maximum atomic E-state index is 12.0. The molecule has 4 nitrogen and oxygen atoms in total. The summed E-state index contributed by atoms with van der Waals surface area (Å²) in [6, 6.07) is 16.3. The summed E-state index contributed by atoms with van der Waals surface area (Å²) < 4.78 is 6.32. The molecule has 0 radical (unpaired) electrons. The van der Waals surface area contributed by atoms with Crippen LogP contribution in [0.25, 0.3) is 10.8 Å². The van der Waals surface area contributed by atoms with E-state index >= 15 is 0 Å². The van der Waals surface area contributed by atoms with E-state index in [0.29, 0.717) is 16.2 Å². The Hall–Kier alpha value is -2.30. The number of nitrogens with two attached hydrogens (primary N) is 1. The highest BCUT2D eigenvalue weighted by Crippen LogP contribution is 2.44. The van der Waals surface area contributed by atoms with Gasteiger partial charge in [-0.3, -0.25) is 4.79 Å². The average Bonchev–Trinajstić information content (AvgIpc) is 2.76. The van der Waals surface area contributed by atoms with E-state index in [9.17, 15) is 4.79 Å². The van der Waals surface area contributed by atoms with E-state index in [1.54, 1.807) is 12.3 Å². The van der Waals surface area contributed by atoms with Crippen molar-refractivity contribution in [3.63, 3.8) is 0 Å². The predicted molar refractivity (Wildman–Crippen MR) is 123 cm³/mol. The van der Waals surface area contributed by atoms with Crippen LogP contribution in [0.2, 0.25) is 5.02 Å². The molecule has 2 aromatic carbocycles. The molecule has 158 valence electrons. The van der Waals surface area contributed by atoms with Crippen molar-refractivity contribution in [3.8, 4) is 5.75 Å². The number of hydrogen-bond acceptors (Lipinski definition) is 3. The zero-order chi connectivity index (χ0) is 21.1. The second-order valence-corrected chi connectivity index (χ2v) is 8.82. The molecule has 0 aliphatic heterocycles. The first-order valence-corrected chi connectivity index (χ1v) is 11.2. The molecule has 1 fully saturated rings. The van der Waals surface area contributed by atoms with Gasteiger partial charge in [-0.2, -0.15) is 0 Å². The Balaban J connectivity index is 1.54. The number of pyridine rings is 1. The molecule has 0 unspecified atom stereocenters. The number of benzene rings is 2. The third-order valence-electron chi connectivity index (χ3n) is 6.60. The van der Waals surface area contributed by atoms with Crippen LogP contribution in [-0.2, 0) is 5.41 Å². The van der Waals surface area contributed by atoms with E-state index in [0.717, 1.165) is 43.9 Å². The minimum atomic E-state index is -0.142. The van der Waals surface area contributed by atoms with Crippen LogP contribution in [0, 0.1) is 0 Å². The van der Waals surface area contributed by atoms with Crippen molar-refractivity contribution in [2.75, 3.05) is 0 Å². The van der Waals surface area contributed by atoms with Crippen LogP contribution in [0.5, 0.6) is 5.75 Å². The van der Waals surface area contributed by atoms with Crippen molar-refractivity contribution in [1.82, 2.24) is 4.98 Å². The van der Waals surface area contributed by atoms with Crippen LogP contribution >= 0.6 is 11.6 Å². The van der Waals surface area contributed by atoms with E-state index in [1.807, 2.05) is 12.1 Å². The minimum Gasteiger partial charge on any atom is -0.489 e.